The second-order valence-electron chi connectivity index (χ2n) is 6.71. The van der Waals surface area contributed by atoms with Gasteiger partial charge in [-0.3, -0.25) is 4.90 Å². The van der Waals surface area contributed by atoms with Crippen molar-refractivity contribution in [1.82, 2.24) is 4.90 Å². The van der Waals surface area contributed by atoms with Crippen LogP contribution in [0, 0.1) is 5.41 Å². The molecule has 1 aromatic carbocycles. The lowest BCUT2D eigenvalue weighted by Crippen LogP contribution is -2.57. The van der Waals surface area contributed by atoms with Gasteiger partial charge in [0.2, 0.25) is 0 Å². The number of benzene rings is 1. The van der Waals surface area contributed by atoms with E-state index in [1.807, 2.05) is 0 Å². The number of ether oxygens (including phenoxy) is 2. The molecule has 2 atom stereocenters. The van der Waals surface area contributed by atoms with Crippen LogP contribution in [-0.4, -0.2) is 36.5 Å². The number of morpholine rings is 1. The molecule has 2 saturated heterocycles. The first kappa shape index (κ1) is 13.1. The number of nitrogens with zero attached hydrogens (tertiary/aromatic N) is 1. The Morgan fingerprint density at radius 2 is 2.00 bits per heavy atom. The SMILES string of the molecule is CC(C)(C)C12CN(Cc3ccccc3)CC(CO1)O2. The fourth-order valence-electron chi connectivity index (χ4n) is 2.98. The number of hydrogen-bond acceptors (Lipinski definition) is 3. The van der Waals surface area contributed by atoms with Gasteiger partial charge in [-0.05, 0) is 5.56 Å². The monoisotopic (exact) mass is 261 g/mol. The van der Waals surface area contributed by atoms with Crippen LogP contribution < -0.4 is 0 Å². The molecule has 3 rings (SSSR count). The highest BCUT2D eigenvalue weighted by atomic mass is 16.8. The van der Waals surface area contributed by atoms with Gasteiger partial charge in [-0.15, -0.1) is 0 Å². The van der Waals surface area contributed by atoms with Crippen molar-refractivity contribution in [1.29, 1.82) is 0 Å². The zero-order valence-corrected chi connectivity index (χ0v) is 12.1. The highest BCUT2D eigenvalue weighted by Crippen LogP contribution is 2.43. The molecule has 2 heterocycles. The zero-order chi connectivity index (χ0) is 13.5. The molecule has 0 aromatic heterocycles. The van der Waals surface area contributed by atoms with Crippen molar-refractivity contribution in [3.8, 4) is 0 Å². The van der Waals surface area contributed by atoms with E-state index in [4.69, 9.17) is 9.47 Å². The predicted octanol–water partition coefficient (Wildman–Crippen LogP) is 2.66. The maximum atomic E-state index is 6.15. The van der Waals surface area contributed by atoms with E-state index in [1.54, 1.807) is 0 Å². The van der Waals surface area contributed by atoms with Gasteiger partial charge in [0, 0.05) is 18.5 Å². The van der Waals surface area contributed by atoms with Crippen LogP contribution in [0.2, 0.25) is 0 Å². The fourth-order valence-corrected chi connectivity index (χ4v) is 2.98. The summed E-state index contributed by atoms with van der Waals surface area (Å²) in [6.45, 7) is 10.1. The molecule has 19 heavy (non-hydrogen) atoms. The Morgan fingerprint density at radius 1 is 1.26 bits per heavy atom. The second-order valence-corrected chi connectivity index (χ2v) is 6.71. The number of rotatable bonds is 2. The highest BCUT2D eigenvalue weighted by molar-refractivity contribution is 5.15. The summed E-state index contributed by atoms with van der Waals surface area (Å²) < 4.78 is 12.2. The van der Waals surface area contributed by atoms with E-state index in [9.17, 15) is 0 Å². The predicted molar refractivity (Wildman–Crippen MR) is 74.7 cm³/mol. The molecule has 104 valence electrons. The second kappa shape index (κ2) is 4.58. The van der Waals surface area contributed by atoms with Crippen molar-refractivity contribution in [3.63, 3.8) is 0 Å². The third-order valence-corrected chi connectivity index (χ3v) is 4.14. The molecule has 0 radical (unpaired) electrons. The summed E-state index contributed by atoms with van der Waals surface area (Å²) in [5.74, 6) is -0.440. The molecule has 3 nitrogen and oxygen atoms in total. The van der Waals surface area contributed by atoms with E-state index in [1.165, 1.54) is 5.56 Å². The first-order valence-corrected chi connectivity index (χ1v) is 7.07. The molecule has 0 saturated carbocycles. The average Bonchev–Trinajstić information content (AvgIpc) is 2.67. The third kappa shape index (κ3) is 2.42. The van der Waals surface area contributed by atoms with Crippen molar-refractivity contribution in [2.24, 2.45) is 5.41 Å². The van der Waals surface area contributed by atoms with E-state index in [0.717, 1.165) is 26.2 Å². The molecule has 2 fully saturated rings. The summed E-state index contributed by atoms with van der Waals surface area (Å²) >= 11 is 0. The topological polar surface area (TPSA) is 21.7 Å². The van der Waals surface area contributed by atoms with Crippen molar-refractivity contribution in [2.45, 2.75) is 39.2 Å². The largest absolute Gasteiger partial charge is 0.345 e. The Labute approximate surface area is 115 Å². The van der Waals surface area contributed by atoms with E-state index < -0.39 is 5.79 Å². The van der Waals surface area contributed by atoms with Crippen LogP contribution in [0.25, 0.3) is 0 Å². The third-order valence-electron chi connectivity index (χ3n) is 4.14. The minimum Gasteiger partial charge on any atom is -0.345 e. The summed E-state index contributed by atoms with van der Waals surface area (Å²) in [5, 5.41) is 0. The number of hydrogen-bond donors (Lipinski definition) is 0. The maximum absolute atomic E-state index is 6.15. The Hall–Kier alpha value is -0.900. The van der Waals surface area contributed by atoms with Crippen LogP contribution in [0.1, 0.15) is 26.3 Å². The van der Waals surface area contributed by atoms with E-state index in [2.05, 4.69) is 56.0 Å². The van der Waals surface area contributed by atoms with Crippen molar-refractivity contribution in [3.05, 3.63) is 35.9 Å². The van der Waals surface area contributed by atoms with Crippen LogP contribution in [0.3, 0.4) is 0 Å². The molecule has 2 unspecified atom stereocenters. The minimum atomic E-state index is -0.440. The smallest absolute Gasteiger partial charge is 0.186 e. The van der Waals surface area contributed by atoms with Crippen molar-refractivity contribution in [2.75, 3.05) is 19.7 Å². The summed E-state index contributed by atoms with van der Waals surface area (Å²) in [6, 6.07) is 10.6. The molecule has 3 heteroatoms. The number of fused-ring (bicyclic) bond motifs is 2. The lowest BCUT2D eigenvalue weighted by molar-refractivity contribution is -0.259. The van der Waals surface area contributed by atoms with Crippen LogP contribution in [-0.2, 0) is 16.0 Å². The Balaban J connectivity index is 1.76. The summed E-state index contributed by atoms with van der Waals surface area (Å²) in [7, 11) is 0. The molecule has 2 aliphatic heterocycles. The molecule has 0 amide bonds. The van der Waals surface area contributed by atoms with Gasteiger partial charge in [-0.2, -0.15) is 0 Å². The molecule has 2 aliphatic rings. The summed E-state index contributed by atoms with van der Waals surface area (Å²) in [6.07, 6.45) is 0.219. The average molecular weight is 261 g/mol. The van der Waals surface area contributed by atoms with Gasteiger partial charge in [0.05, 0.1) is 19.3 Å². The normalized spacial score (nSPS) is 31.6. The van der Waals surface area contributed by atoms with Crippen molar-refractivity contribution >= 4 is 0 Å². The first-order valence-electron chi connectivity index (χ1n) is 7.07. The van der Waals surface area contributed by atoms with Gasteiger partial charge in [0.1, 0.15) is 0 Å². The van der Waals surface area contributed by atoms with Crippen LogP contribution in [0.5, 0.6) is 0 Å². The van der Waals surface area contributed by atoms with Crippen LogP contribution in [0.4, 0.5) is 0 Å². The van der Waals surface area contributed by atoms with E-state index >= 15 is 0 Å². The van der Waals surface area contributed by atoms with Crippen LogP contribution >= 0.6 is 0 Å². The summed E-state index contributed by atoms with van der Waals surface area (Å²) in [5.41, 5.74) is 1.35. The maximum Gasteiger partial charge on any atom is 0.186 e. The van der Waals surface area contributed by atoms with E-state index in [-0.39, 0.29) is 11.5 Å². The molecule has 1 aromatic rings. The van der Waals surface area contributed by atoms with Gasteiger partial charge in [0.25, 0.3) is 0 Å². The molecule has 0 spiro atoms. The Bertz CT molecular complexity index is 440. The van der Waals surface area contributed by atoms with Gasteiger partial charge in [-0.1, -0.05) is 51.1 Å². The van der Waals surface area contributed by atoms with Gasteiger partial charge < -0.3 is 9.47 Å². The van der Waals surface area contributed by atoms with Gasteiger partial charge in [0.15, 0.2) is 5.79 Å². The molecular formula is C16H23NO2. The Morgan fingerprint density at radius 3 is 2.68 bits per heavy atom. The minimum absolute atomic E-state index is 0.00287. The highest BCUT2D eigenvalue weighted by Gasteiger charge is 2.54. The molecular weight excluding hydrogens is 238 g/mol. The first-order chi connectivity index (χ1) is 8.98. The summed E-state index contributed by atoms with van der Waals surface area (Å²) in [4.78, 5) is 2.46. The fraction of sp³-hybridized carbons (Fsp3) is 0.625. The van der Waals surface area contributed by atoms with Crippen molar-refractivity contribution < 1.29 is 9.47 Å². The Kier molecular flexibility index (Phi) is 3.16. The molecule has 0 aliphatic carbocycles. The van der Waals surface area contributed by atoms with E-state index in [0.29, 0.717) is 0 Å². The quantitative estimate of drug-likeness (QED) is 0.817. The lowest BCUT2D eigenvalue weighted by atomic mass is 9.84. The van der Waals surface area contributed by atoms with Gasteiger partial charge >= 0.3 is 0 Å². The zero-order valence-electron chi connectivity index (χ0n) is 12.1. The van der Waals surface area contributed by atoms with Gasteiger partial charge in [-0.25, -0.2) is 0 Å². The lowest BCUT2D eigenvalue weighted by Gasteiger charge is -2.46. The molecule has 2 bridgehead atoms. The standard InChI is InChI=1S/C16H23NO2/c1-15(2,3)16-12-17(10-14(19-16)11-18-16)9-13-7-5-4-6-8-13/h4-8,14H,9-12H2,1-3H3. The molecule has 0 N–H and O–H groups in total. The van der Waals surface area contributed by atoms with Crippen LogP contribution in [0.15, 0.2) is 30.3 Å².